The average Bonchev–Trinajstić information content (AvgIpc) is 3.16. The SMILES string of the molecule is C[C@@]12[C@@H]3[C@@H]4C[C@H]5[C@@H]([C@@H]4[C@@H]1Br)[C@H]2[C@@](O)(c1ccccc1)[C@@H]53. The van der Waals surface area contributed by atoms with Crippen molar-refractivity contribution >= 4 is 15.9 Å². The van der Waals surface area contributed by atoms with E-state index in [4.69, 9.17) is 0 Å². The first kappa shape index (κ1) is 11.3. The first-order valence-corrected chi connectivity index (χ1v) is 8.94. The summed E-state index contributed by atoms with van der Waals surface area (Å²) in [7, 11) is 0. The Morgan fingerprint density at radius 1 is 1.10 bits per heavy atom. The number of hydrogen-bond acceptors (Lipinski definition) is 1. The molecule has 104 valence electrons. The van der Waals surface area contributed by atoms with Crippen molar-refractivity contribution in [1.29, 1.82) is 0 Å². The molecule has 0 amide bonds. The Morgan fingerprint density at radius 2 is 1.80 bits per heavy atom. The van der Waals surface area contributed by atoms with Crippen LogP contribution in [0.4, 0.5) is 0 Å². The molecule has 6 aliphatic rings. The topological polar surface area (TPSA) is 20.2 Å². The molecule has 0 spiro atoms. The van der Waals surface area contributed by atoms with E-state index in [0.717, 1.165) is 29.6 Å². The lowest BCUT2D eigenvalue weighted by atomic mass is 9.64. The fourth-order valence-electron chi connectivity index (χ4n) is 8.28. The molecule has 0 saturated heterocycles. The summed E-state index contributed by atoms with van der Waals surface area (Å²) in [5.74, 6) is 5.14. The average molecular weight is 331 g/mol. The molecule has 1 aromatic carbocycles. The lowest BCUT2D eigenvalue weighted by Gasteiger charge is -2.40. The van der Waals surface area contributed by atoms with E-state index in [9.17, 15) is 5.11 Å². The van der Waals surface area contributed by atoms with Crippen molar-refractivity contribution in [3.63, 3.8) is 0 Å². The standard InChI is InChI=1S/C18H19BrO/c1-17-13-10-7-9-11(12(10)16(17)19)15(17)18(20,14(9)13)8-5-3-2-4-6-8/h2-6,9-16,20H,7H2,1H3/t9-,10+,11-,12+,13+,14-,15+,16-,17-,18+/m0/s1. The van der Waals surface area contributed by atoms with Crippen LogP contribution in [0.1, 0.15) is 18.9 Å². The van der Waals surface area contributed by atoms with Gasteiger partial charge in [0, 0.05) is 10.7 Å². The molecule has 1 N–H and O–H groups in total. The maximum Gasteiger partial charge on any atom is 0.0966 e. The van der Waals surface area contributed by atoms with E-state index in [1.807, 2.05) is 0 Å². The molecule has 7 rings (SSSR count). The van der Waals surface area contributed by atoms with Crippen molar-refractivity contribution in [1.82, 2.24) is 0 Å². The number of hydrogen-bond donors (Lipinski definition) is 1. The predicted octanol–water partition coefficient (Wildman–Crippen LogP) is 3.42. The second kappa shape index (κ2) is 2.92. The molecule has 0 unspecified atom stereocenters. The van der Waals surface area contributed by atoms with Gasteiger partial charge >= 0.3 is 0 Å². The third-order valence-electron chi connectivity index (χ3n) is 8.21. The van der Waals surface area contributed by atoms with Crippen LogP contribution in [0, 0.1) is 46.8 Å². The van der Waals surface area contributed by atoms with E-state index in [1.165, 1.54) is 12.0 Å². The van der Waals surface area contributed by atoms with Crippen LogP contribution in [0.25, 0.3) is 0 Å². The van der Waals surface area contributed by atoms with Gasteiger partial charge < -0.3 is 5.11 Å². The van der Waals surface area contributed by atoms with E-state index in [1.54, 1.807) is 0 Å². The highest BCUT2D eigenvalue weighted by Crippen LogP contribution is 2.91. The van der Waals surface area contributed by atoms with E-state index in [0.29, 0.717) is 22.1 Å². The molecular formula is C18H19BrO. The molecule has 2 heteroatoms. The number of rotatable bonds is 1. The summed E-state index contributed by atoms with van der Waals surface area (Å²) < 4.78 is 0. The van der Waals surface area contributed by atoms with E-state index in [-0.39, 0.29) is 0 Å². The summed E-state index contributed by atoms with van der Waals surface area (Å²) in [5, 5.41) is 11.8. The number of halogens is 1. The van der Waals surface area contributed by atoms with Crippen molar-refractivity contribution in [2.75, 3.05) is 0 Å². The van der Waals surface area contributed by atoms with Crippen LogP contribution in [0.15, 0.2) is 30.3 Å². The molecule has 0 heterocycles. The third kappa shape index (κ3) is 0.772. The van der Waals surface area contributed by atoms with Gasteiger partial charge in [0.25, 0.3) is 0 Å². The van der Waals surface area contributed by atoms with Gasteiger partial charge in [-0.3, -0.25) is 0 Å². The van der Waals surface area contributed by atoms with Crippen LogP contribution in [0.5, 0.6) is 0 Å². The second-order valence-corrected chi connectivity index (χ2v) is 9.19. The molecule has 20 heavy (non-hydrogen) atoms. The highest BCUT2D eigenvalue weighted by molar-refractivity contribution is 9.09. The van der Waals surface area contributed by atoms with Gasteiger partial charge in [0.05, 0.1) is 5.60 Å². The van der Waals surface area contributed by atoms with Gasteiger partial charge in [-0.2, -0.15) is 0 Å². The van der Waals surface area contributed by atoms with Gasteiger partial charge in [0.15, 0.2) is 0 Å². The van der Waals surface area contributed by atoms with Crippen LogP contribution in [-0.4, -0.2) is 9.93 Å². The van der Waals surface area contributed by atoms with Gasteiger partial charge in [0.1, 0.15) is 0 Å². The molecule has 10 atom stereocenters. The zero-order valence-corrected chi connectivity index (χ0v) is 13.1. The Kier molecular flexibility index (Phi) is 1.64. The molecule has 0 radical (unpaired) electrons. The first-order valence-electron chi connectivity index (χ1n) is 8.03. The zero-order valence-electron chi connectivity index (χ0n) is 11.5. The van der Waals surface area contributed by atoms with Gasteiger partial charge in [-0.15, -0.1) is 0 Å². The second-order valence-electron chi connectivity index (χ2n) is 8.21. The molecule has 0 aromatic heterocycles. The lowest BCUT2D eigenvalue weighted by molar-refractivity contribution is -0.0284. The quantitative estimate of drug-likeness (QED) is 0.782. The predicted molar refractivity (Wildman–Crippen MR) is 80.2 cm³/mol. The Hall–Kier alpha value is -0.340. The monoisotopic (exact) mass is 330 g/mol. The molecule has 6 saturated carbocycles. The Balaban J connectivity index is 1.65. The van der Waals surface area contributed by atoms with Crippen molar-refractivity contribution < 1.29 is 5.11 Å². The van der Waals surface area contributed by atoms with Crippen molar-refractivity contribution in [2.45, 2.75) is 23.8 Å². The summed E-state index contributed by atoms with van der Waals surface area (Å²) in [5.41, 5.74) is 0.990. The first-order chi connectivity index (χ1) is 9.61. The molecule has 1 aromatic rings. The van der Waals surface area contributed by atoms with Crippen molar-refractivity contribution in [3.05, 3.63) is 35.9 Å². The Morgan fingerprint density at radius 3 is 2.50 bits per heavy atom. The Labute approximate surface area is 127 Å². The van der Waals surface area contributed by atoms with Gasteiger partial charge in [0.2, 0.25) is 0 Å². The maximum absolute atomic E-state index is 11.8. The minimum atomic E-state index is -0.540. The largest absolute Gasteiger partial charge is 0.385 e. The molecule has 1 nitrogen and oxygen atoms in total. The van der Waals surface area contributed by atoms with E-state index in [2.05, 4.69) is 53.2 Å². The minimum Gasteiger partial charge on any atom is -0.385 e. The summed E-state index contributed by atoms with van der Waals surface area (Å²) in [6.07, 6.45) is 1.40. The molecular weight excluding hydrogens is 312 g/mol. The smallest absolute Gasteiger partial charge is 0.0966 e. The summed E-state index contributed by atoms with van der Waals surface area (Å²) in [4.78, 5) is 0.646. The molecule has 0 aliphatic heterocycles. The maximum atomic E-state index is 11.8. The number of aliphatic hydroxyl groups is 1. The third-order valence-corrected chi connectivity index (χ3v) is 9.81. The van der Waals surface area contributed by atoms with Crippen LogP contribution < -0.4 is 0 Å². The summed E-state index contributed by atoms with van der Waals surface area (Å²) >= 11 is 4.06. The van der Waals surface area contributed by atoms with Crippen molar-refractivity contribution in [3.8, 4) is 0 Å². The number of alkyl halides is 1. The highest BCUT2D eigenvalue weighted by Gasteiger charge is 2.91. The van der Waals surface area contributed by atoms with Gasteiger partial charge in [-0.25, -0.2) is 0 Å². The fraction of sp³-hybridized carbons (Fsp3) is 0.667. The molecule has 6 bridgehead atoms. The van der Waals surface area contributed by atoms with Gasteiger partial charge in [-0.1, -0.05) is 53.2 Å². The van der Waals surface area contributed by atoms with E-state index < -0.39 is 5.60 Å². The van der Waals surface area contributed by atoms with Crippen molar-refractivity contribution in [2.24, 2.45) is 46.8 Å². The van der Waals surface area contributed by atoms with Crippen LogP contribution >= 0.6 is 15.9 Å². The Bertz CT molecular complexity index is 628. The van der Waals surface area contributed by atoms with Gasteiger partial charge in [-0.05, 0) is 52.9 Å². The molecule has 6 aliphatic carbocycles. The lowest BCUT2D eigenvalue weighted by Crippen LogP contribution is -2.38. The van der Waals surface area contributed by atoms with Crippen LogP contribution in [-0.2, 0) is 5.60 Å². The number of benzene rings is 1. The zero-order chi connectivity index (χ0) is 13.4. The highest BCUT2D eigenvalue weighted by atomic mass is 79.9. The summed E-state index contributed by atoms with van der Waals surface area (Å²) in [6.45, 7) is 2.48. The normalized spacial score (nSPS) is 67.0. The molecule has 6 fully saturated rings. The van der Waals surface area contributed by atoms with E-state index >= 15 is 0 Å². The van der Waals surface area contributed by atoms with Crippen LogP contribution in [0.3, 0.4) is 0 Å². The fourth-order valence-corrected chi connectivity index (χ4v) is 9.61. The summed E-state index contributed by atoms with van der Waals surface area (Å²) in [6, 6.07) is 10.6. The van der Waals surface area contributed by atoms with Crippen LogP contribution in [0.2, 0.25) is 0 Å². The minimum absolute atomic E-state index is 0.336.